The van der Waals surface area contributed by atoms with E-state index in [2.05, 4.69) is 17.2 Å². The Morgan fingerprint density at radius 1 is 1.41 bits per heavy atom. The van der Waals surface area contributed by atoms with Crippen molar-refractivity contribution in [1.82, 2.24) is 10.3 Å². The Labute approximate surface area is 102 Å². The molecule has 1 aliphatic heterocycles. The summed E-state index contributed by atoms with van der Waals surface area (Å²) in [4.78, 5) is 4.47. The van der Waals surface area contributed by atoms with Crippen molar-refractivity contribution in [3.05, 3.63) is 17.3 Å². The normalized spacial score (nSPS) is 26.2. The molecule has 1 aromatic rings. The third-order valence-corrected chi connectivity index (χ3v) is 3.40. The van der Waals surface area contributed by atoms with Crippen LogP contribution in [0.25, 0.3) is 0 Å². The Morgan fingerprint density at radius 3 is 2.59 bits per heavy atom. The zero-order valence-corrected chi connectivity index (χ0v) is 11.1. The first kappa shape index (κ1) is 12.6. The van der Waals surface area contributed by atoms with E-state index in [-0.39, 0.29) is 0 Å². The SMILES string of the molecule is Cc1oc(C2CC[C@@H](C)NC2)nc1C(C)(C)O. The standard InChI is InChI=1S/C13H22N2O2/c1-8-5-6-10(7-14-8)12-15-11(9(2)17-12)13(3,4)16/h8,10,14,16H,5-7H2,1-4H3/t8-,10?/m1/s1. The summed E-state index contributed by atoms with van der Waals surface area (Å²) in [5, 5.41) is 13.4. The molecule has 17 heavy (non-hydrogen) atoms. The summed E-state index contributed by atoms with van der Waals surface area (Å²) < 4.78 is 5.70. The molecule has 1 saturated heterocycles. The summed E-state index contributed by atoms with van der Waals surface area (Å²) in [6.45, 7) is 8.44. The molecule has 2 N–H and O–H groups in total. The predicted octanol–water partition coefficient (Wildman–Crippen LogP) is 2.07. The first-order valence-electron chi connectivity index (χ1n) is 6.31. The summed E-state index contributed by atoms with van der Waals surface area (Å²) in [5.41, 5.74) is -0.271. The molecular weight excluding hydrogens is 216 g/mol. The van der Waals surface area contributed by atoms with E-state index in [0.717, 1.165) is 31.0 Å². The van der Waals surface area contributed by atoms with Crippen LogP contribution in [-0.2, 0) is 5.60 Å². The third kappa shape index (κ3) is 2.69. The summed E-state index contributed by atoms with van der Waals surface area (Å²) >= 11 is 0. The summed E-state index contributed by atoms with van der Waals surface area (Å²) in [6, 6.07) is 0.580. The lowest BCUT2D eigenvalue weighted by Gasteiger charge is -2.25. The molecule has 1 aromatic heterocycles. The van der Waals surface area contributed by atoms with Gasteiger partial charge in [0.15, 0.2) is 5.89 Å². The van der Waals surface area contributed by atoms with Gasteiger partial charge in [0.2, 0.25) is 0 Å². The van der Waals surface area contributed by atoms with Gasteiger partial charge in [-0.3, -0.25) is 0 Å². The van der Waals surface area contributed by atoms with E-state index >= 15 is 0 Å². The van der Waals surface area contributed by atoms with Crippen molar-refractivity contribution in [3.63, 3.8) is 0 Å². The molecule has 4 nitrogen and oxygen atoms in total. The first-order valence-corrected chi connectivity index (χ1v) is 6.31. The highest BCUT2D eigenvalue weighted by atomic mass is 16.4. The van der Waals surface area contributed by atoms with Crippen LogP contribution in [0, 0.1) is 6.92 Å². The molecule has 0 spiro atoms. The minimum absolute atomic E-state index is 0.334. The molecule has 2 atom stereocenters. The molecule has 0 aliphatic carbocycles. The van der Waals surface area contributed by atoms with Gasteiger partial charge in [-0.2, -0.15) is 0 Å². The van der Waals surface area contributed by atoms with Gasteiger partial charge in [-0.15, -0.1) is 0 Å². The molecule has 0 saturated carbocycles. The maximum absolute atomic E-state index is 9.99. The van der Waals surface area contributed by atoms with Crippen LogP contribution in [0.5, 0.6) is 0 Å². The van der Waals surface area contributed by atoms with E-state index in [1.165, 1.54) is 0 Å². The summed E-state index contributed by atoms with van der Waals surface area (Å²) in [5.74, 6) is 1.83. The Bertz CT molecular complexity index is 385. The van der Waals surface area contributed by atoms with E-state index < -0.39 is 5.60 Å². The molecule has 0 radical (unpaired) electrons. The molecule has 4 heteroatoms. The van der Waals surface area contributed by atoms with Crippen molar-refractivity contribution in [2.24, 2.45) is 0 Å². The molecule has 1 fully saturated rings. The lowest BCUT2D eigenvalue weighted by molar-refractivity contribution is 0.0728. The van der Waals surface area contributed by atoms with Crippen LogP contribution in [0.1, 0.15) is 56.9 Å². The minimum Gasteiger partial charge on any atom is -0.445 e. The van der Waals surface area contributed by atoms with E-state index in [0.29, 0.717) is 17.7 Å². The zero-order chi connectivity index (χ0) is 12.6. The molecule has 1 aliphatic rings. The van der Waals surface area contributed by atoms with E-state index in [1.807, 2.05) is 6.92 Å². The number of piperidine rings is 1. The van der Waals surface area contributed by atoms with Crippen molar-refractivity contribution >= 4 is 0 Å². The molecule has 2 rings (SSSR count). The summed E-state index contributed by atoms with van der Waals surface area (Å²) in [6.07, 6.45) is 2.24. The summed E-state index contributed by atoms with van der Waals surface area (Å²) in [7, 11) is 0. The lowest BCUT2D eigenvalue weighted by Crippen LogP contribution is -2.35. The quantitative estimate of drug-likeness (QED) is 0.828. The molecular formula is C13H22N2O2. The number of nitrogens with zero attached hydrogens (tertiary/aromatic N) is 1. The monoisotopic (exact) mass is 238 g/mol. The van der Waals surface area contributed by atoms with E-state index in [9.17, 15) is 5.11 Å². The first-order chi connectivity index (χ1) is 7.88. The van der Waals surface area contributed by atoms with Gasteiger partial charge in [-0.05, 0) is 40.5 Å². The van der Waals surface area contributed by atoms with Crippen LogP contribution in [-0.4, -0.2) is 22.7 Å². The fourth-order valence-electron chi connectivity index (χ4n) is 2.37. The van der Waals surface area contributed by atoms with Gasteiger partial charge in [0.1, 0.15) is 17.1 Å². The van der Waals surface area contributed by atoms with Crippen molar-refractivity contribution in [3.8, 4) is 0 Å². The maximum Gasteiger partial charge on any atom is 0.199 e. The van der Waals surface area contributed by atoms with Crippen molar-refractivity contribution < 1.29 is 9.52 Å². The van der Waals surface area contributed by atoms with Crippen molar-refractivity contribution in [2.45, 2.75) is 58.1 Å². The highest BCUT2D eigenvalue weighted by molar-refractivity contribution is 5.17. The second kappa shape index (κ2) is 4.42. The maximum atomic E-state index is 9.99. The predicted molar refractivity (Wildman–Crippen MR) is 65.9 cm³/mol. The van der Waals surface area contributed by atoms with Crippen molar-refractivity contribution in [1.29, 1.82) is 0 Å². The number of oxazole rings is 1. The van der Waals surface area contributed by atoms with Crippen LogP contribution < -0.4 is 5.32 Å². The number of hydrogen-bond acceptors (Lipinski definition) is 4. The van der Waals surface area contributed by atoms with Crippen LogP contribution >= 0.6 is 0 Å². The average molecular weight is 238 g/mol. The highest BCUT2D eigenvalue weighted by Gasteiger charge is 2.29. The van der Waals surface area contributed by atoms with E-state index in [4.69, 9.17) is 4.42 Å². The Morgan fingerprint density at radius 2 is 2.12 bits per heavy atom. The molecule has 1 unspecified atom stereocenters. The molecule has 0 bridgehead atoms. The Balaban J connectivity index is 2.18. The minimum atomic E-state index is -0.929. The topological polar surface area (TPSA) is 58.3 Å². The Hall–Kier alpha value is -0.870. The van der Waals surface area contributed by atoms with Crippen molar-refractivity contribution in [2.75, 3.05) is 6.54 Å². The lowest BCUT2D eigenvalue weighted by atomic mass is 9.95. The fourth-order valence-corrected chi connectivity index (χ4v) is 2.37. The average Bonchev–Trinajstić information content (AvgIpc) is 2.61. The van der Waals surface area contributed by atoms with Gasteiger partial charge in [0.05, 0.1) is 0 Å². The van der Waals surface area contributed by atoms with Crippen LogP contribution in [0.15, 0.2) is 4.42 Å². The number of hydrogen-bond donors (Lipinski definition) is 2. The highest BCUT2D eigenvalue weighted by Crippen LogP contribution is 2.29. The number of nitrogens with one attached hydrogen (secondary N) is 1. The fraction of sp³-hybridized carbons (Fsp3) is 0.769. The smallest absolute Gasteiger partial charge is 0.199 e. The number of aromatic nitrogens is 1. The van der Waals surface area contributed by atoms with Gasteiger partial charge >= 0.3 is 0 Å². The Kier molecular flexibility index (Phi) is 3.27. The van der Waals surface area contributed by atoms with Crippen LogP contribution in [0.2, 0.25) is 0 Å². The zero-order valence-electron chi connectivity index (χ0n) is 11.1. The van der Waals surface area contributed by atoms with Gasteiger partial charge in [0.25, 0.3) is 0 Å². The van der Waals surface area contributed by atoms with E-state index in [1.54, 1.807) is 13.8 Å². The second-order valence-corrected chi connectivity index (χ2v) is 5.60. The number of aliphatic hydroxyl groups is 1. The van der Waals surface area contributed by atoms with Gasteiger partial charge in [0, 0.05) is 18.5 Å². The number of rotatable bonds is 2. The third-order valence-electron chi connectivity index (χ3n) is 3.40. The number of aryl methyl sites for hydroxylation is 1. The van der Waals surface area contributed by atoms with Gasteiger partial charge in [-0.25, -0.2) is 4.98 Å². The molecule has 96 valence electrons. The largest absolute Gasteiger partial charge is 0.445 e. The molecule has 0 amide bonds. The molecule has 0 aromatic carbocycles. The van der Waals surface area contributed by atoms with Crippen LogP contribution in [0.4, 0.5) is 0 Å². The van der Waals surface area contributed by atoms with Gasteiger partial charge < -0.3 is 14.8 Å². The molecule has 2 heterocycles. The second-order valence-electron chi connectivity index (χ2n) is 5.60. The van der Waals surface area contributed by atoms with Crippen LogP contribution in [0.3, 0.4) is 0 Å². The van der Waals surface area contributed by atoms with Gasteiger partial charge in [-0.1, -0.05) is 0 Å².